The Hall–Kier alpha value is -2.63. The predicted octanol–water partition coefficient (Wildman–Crippen LogP) is 3.15. The Balaban J connectivity index is 2.02. The van der Waals surface area contributed by atoms with Crippen molar-refractivity contribution in [1.29, 1.82) is 0 Å². The molecule has 0 atom stereocenters. The van der Waals surface area contributed by atoms with Gasteiger partial charge in [0.15, 0.2) is 11.7 Å². The average Bonchev–Trinajstić information content (AvgIpc) is 2.93. The van der Waals surface area contributed by atoms with Crippen LogP contribution in [0.25, 0.3) is 11.3 Å². The summed E-state index contributed by atoms with van der Waals surface area (Å²) < 4.78 is 5.79. The van der Waals surface area contributed by atoms with Gasteiger partial charge in [-0.1, -0.05) is 44.2 Å². The third kappa shape index (κ3) is 5.45. The maximum absolute atomic E-state index is 12.3. The second-order valence-electron chi connectivity index (χ2n) is 6.45. The summed E-state index contributed by atoms with van der Waals surface area (Å²) in [7, 11) is 0. The Morgan fingerprint density at radius 1 is 1.24 bits per heavy atom. The first-order chi connectivity index (χ1) is 11.9. The minimum Gasteiger partial charge on any atom is -0.480 e. The highest BCUT2D eigenvalue weighted by Crippen LogP contribution is 2.24. The van der Waals surface area contributed by atoms with E-state index in [1.54, 1.807) is 0 Å². The van der Waals surface area contributed by atoms with Crippen LogP contribution in [0.5, 0.6) is 0 Å². The molecule has 0 spiro atoms. The number of carbonyl (C=O) groups is 2. The molecule has 2 rings (SSSR count). The van der Waals surface area contributed by atoms with Gasteiger partial charge in [-0.15, -0.1) is 0 Å². The van der Waals surface area contributed by atoms with Crippen LogP contribution in [0.1, 0.15) is 31.9 Å². The summed E-state index contributed by atoms with van der Waals surface area (Å²) in [6.07, 6.45) is 0.523. The lowest BCUT2D eigenvalue weighted by molar-refractivity contribution is -0.144. The quantitative estimate of drug-likeness (QED) is 0.795. The van der Waals surface area contributed by atoms with Crippen molar-refractivity contribution in [1.82, 2.24) is 9.88 Å². The molecule has 1 aromatic carbocycles. The number of aryl methyl sites for hydroxylation is 2. The second-order valence-corrected chi connectivity index (χ2v) is 6.45. The molecule has 0 saturated carbocycles. The van der Waals surface area contributed by atoms with Gasteiger partial charge >= 0.3 is 5.97 Å². The van der Waals surface area contributed by atoms with E-state index in [-0.39, 0.29) is 24.8 Å². The number of hydrogen-bond donors (Lipinski definition) is 1. The van der Waals surface area contributed by atoms with Crippen LogP contribution in [0.15, 0.2) is 34.7 Å². The van der Waals surface area contributed by atoms with Crippen molar-refractivity contribution in [3.63, 3.8) is 0 Å². The fourth-order valence-electron chi connectivity index (χ4n) is 2.65. The average molecular weight is 344 g/mol. The van der Waals surface area contributed by atoms with Gasteiger partial charge in [0.25, 0.3) is 0 Å². The van der Waals surface area contributed by atoms with E-state index < -0.39 is 5.97 Å². The first kappa shape index (κ1) is 18.7. The molecular weight excluding hydrogens is 320 g/mol. The summed E-state index contributed by atoms with van der Waals surface area (Å²) in [4.78, 5) is 29.1. The molecule has 0 fully saturated rings. The fraction of sp³-hybridized carbons (Fsp3) is 0.421. The third-order valence-electron chi connectivity index (χ3n) is 3.69. The lowest BCUT2D eigenvalue weighted by Gasteiger charge is -2.22. The lowest BCUT2D eigenvalue weighted by Crippen LogP contribution is -2.38. The Labute approximate surface area is 147 Å². The van der Waals surface area contributed by atoms with Gasteiger partial charge in [0, 0.05) is 24.9 Å². The van der Waals surface area contributed by atoms with Crippen molar-refractivity contribution in [3.8, 4) is 11.3 Å². The van der Waals surface area contributed by atoms with Crippen molar-refractivity contribution < 1.29 is 19.1 Å². The monoisotopic (exact) mass is 344 g/mol. The Kier molecular flexibility index (Phi) is 6.33. The summed E-state index contributed by atoms with van der Waals surface area (Å²) in [6, 6.07) is 9.67. The minimum absolute atomic E-state index is 0.175. The lowest BCUT2D eigenvalue weighted by atomic mass is 10.1. The van der Waals surface area contributed by atoms with Crippen LogP contribution in [0, 0.1) is 12.8 Å². The molecule has 6 heteroatoms. The number of carbonyl (C=O) groups excluding carboxylic acids is 1. The standard InChI is InChI=1S/C19H24N2O4/c1-13(2)11-21(12-18(23)24)17(22)10-9-16-20-14(3)19(25-16)15-7-5-4-6-8-15/h4-8,13H,9-12H2,1-3H3,(H,23,24). The maximum atomic E-state index is 12.3. The summed E-state index contributed by atoms with van der Waals surface area (Å²) in [5.41, 5.74) is 1.72. The molecule has 2 aromatic rings. The second kappa shape index (κ2) is 8.46. The predicted molar refractivity (Wildman–Crippen MR) is 94.1 cm³/mol. The number of aliphatic carboxylic acids is 1. The minimum atomic E-state index is -1.01. The maximum Gasteiger partial charge on any atom is 0.323 e. The van der Waals surface area contributed by atoms with Gasteiger partial charge in [-0.3, -0.25) is 9.59 Å². The molecule has 1 amide bonds. The number of oxazole rings is 1. The summed E-state index contributed by atoms with van der Waals surface area (Å²) >= 11 is 0. The zero-order chi connectivity index (χ0) is 18.4. The highest BCUT2D eigenvalue weighted by atomic mass is 16.4. The van der Waals surface area contributed by atoms with E-state index in [1.165, 1.54) is 4.90 Å². The molecule has 0 aliphatic rings. The van der Waals surface area contributed by atoms with E-state index in [4.69, 9.17) is 9.52 Å². The van der Waals surface area contributed by atoms with Crippen LogP contribution in [-0.2, 0) is 16.0 Å². The van der Waals surface area contributed by atoms with Gasteiger partial charge in [-0.05, 0) is 12.8 Å². The number of rotatable bonds is 8. The first-order valence-corrected chi connectivity index (χ1v) is 8.38. The van der Waals surface area contributed by atoms with Crippen LogP contribution >= 0.6 is 0 Å². The topological polar surface area (TPSA) is 83.6 Å². The van der Waals surface area contributed by atoms with Crippen LogP contribution in [-0.4, -0.2) is 40.0 Å². The SMILES string of the molecule is Cc1nc(CCC(=O)N(CC(=O)O)CC(C)C)oc1-c1ccccc1. The van der Waals surface area contributed by atoms with E-state index in [0.717, 1.165) is 11.3 Å². The van der Waals surface area contributed by atoms with E-state index >= 15 is 0 Å². The molecule has 0 saturated heterocycles. The third-order valence-corrected chi connectivity index (χ3v) is 3.69. The molecule has 1 aromatic heterocycles. The molecule has 0 aliphatic heterocycles. The number of carboxylic acid groups (broad SMARTS) is 1. The van der Waals surface area contributed by atoms with Crippen molar-refractivity contribution in [2.24, 2.45) is 5.92 Å². The largest absolute Gasteiger partial charge is 0.480 e. The highest BCUT2D eigenvalue weighted by Gasteiger charge is 2.19. The molecule has 1 heterocycles. The smallest absolute Gasteiger partial charge is 0.323 e. The van der Waals surface area contributed by atoms with E-state index in [0.29, 0.717) is 24.6 Å². The van der Waals surface area contributed by atoms with Crippen molar-refractivity contribution >= 4 is 11.9 Å². The van der Waals surface area contributed by atoms with Crippen LogP contribution in [0.3, 0.4) is 0 Å². The van der Waals surface area contributed by atoms with Gasteiger partial charge < -0.3 is 14.4 Å². The molecule has 134 valence electrons. The fourth-order valence-corrected chi connectivity index (χ4v) is 2.65. The molecule has 0 radical (unpaired) electrons. The number of aromatic nitrogens is 1. The molecule has 6 nitrogen and oxygen atoms in total. The number of benzene rings is 1. The van der Waals surface area contributed by atoms with Gasteiger partial charge in [-0.2, -0.15) is 0 Å². The van der Waals surface area contributed by atoms with Gasteiger partial charge in [0.2, 0.25) is 5.91 Å². The molecule has 0 unspecified atom stereocenters. The first-order valence-electron chi connectivity index (χ1n) is 8.38. The van der Waals surface area contributed by atoms with Gasteiger partial charge in [0.1, 0.15) is 6.54 Å². The molecular formula is C19H24N2O4. The number of nitrogens with zero attached hydrogens (tertiary/aromatic N) is 2. The molecule has 1 N–H and O–H groups in total. The molecule has 0 bridgehead atoms. The van der Waals surface area contributed by atoms with E-state index in [9.17, 15) is 9.59 Å². The number of hydrogen-bond acceptors (Lipinski definition) is 4. The van der Waals surface area contributed by atoms with Gasteiger partial charge in [0.05, 0.1) is 5.69 Å². The van der Waals surface area contributed by atoms with Crippen molar-refractivity contribution in [2.45, 2.75) is 33.6 Å². The van der Waals surface area contributed by atoms with Crippen LogP contribution in [0.4, 0.5) is 0 Å². The Bertz CT molecular complexity index is 722. The normalized spacial score (nSPS) is 10.9. The highest BCUT2D eigenvalue weighted by molar-refractivity contribution is 5.81. The Morgan fingerprint density at radius 2 is 1.92 bits per heavy atom. The summed E-state index contributed by atoms with van der Waals surface area (Å²) in [6.45, 7) is 5.91. The van der Waals surface area contributed by atoms with Gasteiger partial charge in [-0.25, -0.2) is 4.98 Å². The summed E-state index contributed by atoms with van der Waals surface area (Å²) in [5.74, 6) is 0.189. The van der Waals surface area contributed by atoms with E-state index in [2.05, 4.69) is 4.98 Å². The zero-order valence-corrected chi connectivity index (χ0v) is 14.9. The van der Waals surface area contributed by atoms with Crippen molar-refractivity contribution in [2.75, 3.05) is 13.1 Å². The Morgan fingerprint density at radius 3 is 2.52 bits per heavy atom. The number of amides is 1. The molecule has 25 heavy (non-hydrogen) atoms. The zero-order valence-electron chi connectivity index (χ0n) is 14.9. The number of carboxylic acids is 1. The van der Waals surface area contributed by atoms with Crippen LogP contribution in [0.2, 0.25) is 0 Å². The van der Waals surface area contributed by atoms with Crippen LogP contribution < -0.4 is 0 Å². The van der Waals surface area contributed by atoms with Crippen molar-refractivity contribution in [3.05, 3.63) is 41.9 Å². The van der Waals surface area contributed by atoms with E-state index in [1.807, 2.05) is 51.1 Å². The molecule has 0 aliphatic carbocycles. The summed E-state index contributed by atoms with van der Waals surface area (Å²) in [5, 5.41) is 8.97.